The molecule has 1 spiro atoms. The zero-order valence-electron chi connectivity index (χ0n) is 17.8. The molecule has 1 N–H and O–H groups in total. The van der Waals surface area contributed by atoms with Gasteiger partial charge in [0, 0.05) is 5.41 Å². The number of esters is 1. The Morgan fingerprint density at radius 3 is 2.50 bits per heavy atom. The average Bonchev–Trinajstić information content (AvgIpc) is 2.87. The third kappa shape index (κ3) is 3.11. The smallest absolute Gasteiger partial charge is 0.306 e. The molecule has 4 nitrogen and oxygen atoms in total. The van der Waals surface area contributed by atoms with Crippen LogP contribution in [0.25, 0.3) is 0 Å². The number of carbonyl (C=O) groups is 2. The van der Waals surface area contributed by atoms with Gasteiger partial charge in [0.1, 0.15) is 0 Å². The number of fused-ring (bicyclic) bond motifs is 3. The highest BCUT2D eigenvalue weighted by molar-refractivity contribution is 5.76. The number of carbonyl (C=O) groups excluding carboxylic acids is 1. The summed E-state index contributed by atoms with van der Waals surface area (Å²) < 4.78 is 5.62. The zero-order chi connectivity index (χ0) is 20.2. The fourth-order valence-corrected chi connectivity index (χ4v) is 7.97. The number of ether oxygens (including phenoxy) is 1. The number of carboxylic acids is 1. The Hall–Kier alpha value is -1.32. The molecule has 0 aliphatic heterocycles. The standard InChI is InChI=1S/C24H36O4/c1-21-11-7-18-23(3)10-4-9-22(2,16-28-20(27)6-5-19(25)26)17(23)8-12-24(18,15-21)14-13-21/h13-14,17-18H,4-12,15-16H2,1-3H3,(H,25,26)/t17?,18?,21-,22-,23-,24+/m1/s1. The van der Waals surface area contributed by atoms with Crippen LogP contribution in [0.15, 0.2) is 12.2 Å². The second-order valence-electron chi connectivity index (χ2n) is 11.1. The summed E-state index contributed by atoms with van der Waals surface area (Å²) in [7, 11) is 0. The van der Waals surface area contributed by atoms with E-state index < -0.39 is 5.97 Å². The van der Waals surface area contributed by atoms with Crippen molar-refractivity contribution in [1.29, 1.82) is 0 Å². The normalized spacial score (nSPS) is 46.5. The third-order valence-corrected chi connectivity index (χ3v) is 9.15. The molecule has 4 aliphatic rings. The molecule has 0 amide bonds. The van der Waals surface area contributed by atoms with Crippen LogP contribution in [0.4, 0.5) is 0 Å². The van der Waals surface area contributed by atoms with E-state index in [4.69, 9.17) is 9.84 Å². The largest absolute Gasteiger partial charge is 0.481 e. The van der Waals surface area contributed by atoms with E-state index >= 15 is 0 Å². The number of allylic oxidation sites excluding steroid dienone is 2. The Balaban J connectivity index is 1.50. The second-order valence-corrected chi connectivity index (χ2v) is 11.1. The summed E-state index contributed by atoms with van der Waals surface area (Å²) in [6.45, 7) is 7.72. The molecule has 4 aliphatic carbocycles. The quantitative estimate of drug-likeness (QED) is 0.508. The van der Waals surface area contributed by atoms with Crippen molar-refractivity contribution >= 4 is 11.9 Å². The van der Waals surface area contributed by atoms with E-state index in [9.17, 15) is 9.59 Å². The molecule has 6 atom stereocenters. The lowest BCUT2D eigenvalue weighted by Gasteiger charge is -2.64. The molecule has 156 valence electrons. The van der Waals surface area contributed by atoms with Crippen molar-refractivity contribution in [3.8, 4) is 0 Å². The first kappa shape index (κ1) is 20.0. The fourth-order valence-electron chi connectivity index (χ4n) is 7.97. The topological polar surface area (TPSA) is 63.6 Å². The summed E-state index contributed by atoms with van der Waals surface area (Å²) in [5, 5.41) is 8.78. The highest BCUT2D eigenvalue weighted by atomic mass is 16.5. The second kappa shape index (κ2) is 6.60. The van der Waals surface area contributed by atoms with Gasteiger partial charge in [0.05, 0.1) is 19.4 Å². The SMILES string of the molecule is C[C@]12C=C[C@@]3(CCC4[C@@](C)(COC(=O)CCC(=O)O)CCC[C@@]4(C)C3CC1)C2. The van der Waals surface area contributed by atoms with E-state index in [2.05, 4.69) is 32.9 Å². The summed E-state index contributed by atoms with van der Waals surface area (Å²) in [6.07, 6.45) is 15.0. The van der Waals surface area contributed by atoms with Crippen LogP contribution in [-0.4, -0.2) is 23.7 Å². The van der Waals surface area contributed by atoms with Gasteiger partial charge in [0.2, 0.25) is 0 Å². The first-order valence-corrected chi connectivity index (χ1v) is 11.2. The Morgan fingerprint density at radius 1 is 1.00 bits per heavy atom. The molecule has 0 heterocycles. The summed E-state index contributed by atoms with van der Waals surface area (Å²) in [4.78, 5) is 22.8. The van der Waals surface area contributed by atoms with Crippen molar-refractivity contribution < 1.29 is 19.4 Å². The van der Waals surface area contributed by atoms with Crippen molar-refractivity contribution in [3.63, 3.8) is 0 Å². The monoisotopic (exact) mass is 388 g/mol. The van der Waals surface area contributed by atoms with Crippen molar-refractivity contribution in [1.82, 2.24) is 0 Å². The van der Waals surface area contributed by atoms with Gasteiger partial charge in [-0.1, -0.05) is 39.3 Å². The van der Waals surface area contributed by atoms with Crippen LogP contribution in [0.5, 0.6) is 0 Å². The van der Waals surface area contributed by atoms with E-state index in [0.29, 0.717) is 28.8 Å². The lowest BCUT2D eigenvalue weighted by Crippen LogP contribution is -2.58. The van der Waals surface area contributed by atoms with Crippen LogP contribution in [0.3, 0.4) is 0 Å². The molecule has 0 radical (unpaired) electrons. The maximum Gasteiger partial charge on any atom is 0.306 e. The minimum Gasteiger partial charge on any atom is -0.481 e. The van der Waals surface area contributed by atoms with Crippen LogP contribution in [-0.2, 0) is 14.3 Å². The van der Waals surface area contributed by atoms with E-state index in [-0.39, 0.29) is 24.2 Å². The van der Waals surface area contributed by atoms with Crippen LogP contribution >= 0.6 is 0 Å². The van der Waals surface area contributed by atoms with Crippen LogP contribution in [0.2, 0.25) is 0 Å². The molecular weight excluding hydrogens is 352 g/mol. The molecule has 0 aromatic rings. The molecule has 0 aromatic carbocycles. The summed E-state index contributed by atoms with van der Waals surface area (Å²) in [5.41, 5.74) is 1.14. The number of carboxylic acid groups (broad SMARTS) is 1. The van der Waals surface area contributed by atoms with Crippen molar-refractivity contribution in [3.05, 3.63) is 12.2 Å². The minimum atomic E-state index is -0.945. The van der Waals surface area contributed by atoms with Crippen LogP contribution in [0.1, 0.15) is 85.0 Å². The number of aliphatic carboxylic acids is 1. The van der Waals surface area contributed by atoms with Gasteiger partial charge in [-0.25, -0.2) is 0 Å². The van der Waals surface area contributed by atoms with E-state index in [1.807, 2.05) is 0 Å². The van der Waals surface area contributed by atoms with Gasteiger partial charge in [-0.3, -0.25) is 9.59 Å². The molecular formula is C24H36O4. The van der Waals surface area contributed by atoms with Gasteiger partial charge < -0.3 is 9.84 Å². The number of rotatable bonds is 5. The summed E-state index contributed by atoms with van der Waals surface area (Å²) in [6, 6.07) is 0. The first-order chi connectivity index (χ1) is 13.1. The number of hydrogen-bond acceptors (Lipinski definition) is 3. The summed E-state index contributed by atoms with van der Waals surface area (Å²) in [5.74, 6) is 0.0122. The number of hydrogen-bond donors (Lipinski definition) is 1. The lowest BCUT2D eigenvalue weighted by atomic mass is 9.40. The van der Waals surface area contributed by atoms with Crippen molar-refractivity contribution in [2.24, 2.45) is 33.5 Å². The third-order valence-electron chi connectivity index (χ3n) is 9.15. The molecule has 3 saturated carbocycles. The van der Waals surface area contributed by atoms with E-state index in [0.717, 1.165) is 12.3 Å². The molecule has 28 heavy (non-hydrogen) atoms. The molecule has 0 aromatic heterocycles. The molecule has 0 saturated heterocycles. The fraction of sp³-hybridized carbons (Fsp3) is 0.833. The predicted molar refractivity (Wildman–Crippen MR) is 108 cm³/mol. The summed E-state index contributed by atoms with van der Waals surface area (Å²) >= 11 is 0. The van der Waals surface area contributed by atoms with Gasteiger partial charge >= 0.3 is 11.9 Å². The maximum atomic E-state index is 12.0. The highest BCUT2D eigenvalue weighted by Crippen LogP contribution is 2.71. The van der Waals surface area contributed by atoms with Crippen LogP contribution in [0, 0.1) is 33.5 Å². The van der Waals surface area contributed by atoms with Gasteiger partial charge in [-0.05, 0) is 73.0 Å². The predicted octanol–water partition coefficient (Wildman–Crippen LogP) is 5.36. The van der Waals surface area contributed by atoms with Crippen molar-refractivity contribution in [2.45, 2.75) is 85.0 Å². The van der Waals surface area contributed by atoms with Crippen molar-refractivity contribution in [2.75, 3.05) is 6.61 Å². The van der Waals surface area contributed by atoms with Gasteiger partial charge in [-0.15, -0.1) is 0 Å². The Labute approximate surface area is 169 Å². The Kier molecular flexibility index (Phi) is 4.71. The lowest BCUT2D eigenvalue weighted by molar-refractivity contribution is -0.172. The van der Waals surface area contributed by atoms with E-state index in [1.54, 1.807) is 0 Å². The Bertz CT molecular complexity index is 699. The maximum absolute atomic E-state index is 12.0. The molecule has 3 fully saturated rings. The van der Waals surface area contributed by atoms with E-state index in [1.165, 1.54) is 44.9 Å². The minimum absolute atomic E-state index is 0.0105. The van der Waals surface area contributed by atoms with Crippen LogP contribution < -0.4 is 0 Å². The molecule has 4 rings (SSSR count). The zero-order valence-corrected chi connectivity index (χ0v) is 17.8. The van der Waals surface area contributed by atoms with Gasteiger partial charge in [-0.2, -0.15) is 0 Å². The average molecular weight is 389 g/mol. The first-order valence-electron chi connectivity index (χ1n) is 11.2. The van der Waals surface area contributed by atoms with Gasteiger partial charge in [0.15, 0.2) is 0 Å². The Morgan fingerprint density at radius 2 is 1.75 bits per heavy atom. The molecule has 4 heteroatoms. The van der Waals surface area contributed by atoms with Gasteiger partial charge in [0.25, 0.3) is 0 Å². The molecule has 2 bridgehead atoms. The highest BCUT2D eigenvalue weighted by Gasteiger charge is 2.63. The molecule has 2 unspecified atom stereocenters.